The predicted molar refractivity (Wildman–Crippen MR) is 105 cm³/mol. The van der Waals surface area contributed by atoms with E-state index in [4.69, 9.17) is 10.7 Å². The van der Waals surface area contributed by atoms with Crippen molar-refractivity contribution in [1.29, 1.82) is 0 Å². The summed E-state index contributed by atoms with van der Waals surface area (Å²) in [7, 11) is 0. The van der Waals surface area contributed by atoms with E-state index in [1.165, 1.54) is 18.7 Å². The molecule has 0 bridgehead atoms. The molecule has 1 fully saturated rings. The van der Waals surface area contributed by atoms with Crippen LogP contribution in [0.1, 0.15) is 37.1 Å². The second-order valence-electron chi connectivity index (χ2n) is 6.94. The van der Waals surface area contributed by atoms with E-state index in [9.17, 15) is 0 Å². The number of imidazole rings is 1. The molecule has 0 unspecified atom stereocenters. The SMILES string of the molecule is Cc1cnc(N)c2nc(CC3CC3)n(CCCCSc3ncccn3)c12. The molecule has 1 saturated carbocycles. The number of pyridine rings is 1. The maximum Gasteiger partial charge on any atom is 0.187 e. The van der Waals surface area contributed by atoms with Crippen molar-refractivity contribution in [3.05, 3.63) is 36.0 Å². The van der Waals surface area contributed by atoms with Crippen molar-refractivity contribution in [2.75, 3.05) is 11.5 Å². The van der Waals surface area contributed by atoms with Crippen LogP contribution in [0.2, 0.25) is 0 Å². The fourth-order valence-electron chi connectivity index (χ4n) is 3.24. The van der Waals surface area contributed by atoms with Gasteiger partial charge in [-0.25, -0.2) is 19.9 Å². The molecular formula is C19H24N6S. The van der Waals surface area contributed by atoms with Crippen LogP contribution in [0.4, 0.5) is 5.82 Å². The Bertz CT molecular complexity index is 888. The minimum Gasteiger partial charge on any atom is -0.382 e. The third kappa shape index (κ3) is 3.82. The summed E-state index contributed by atoms with van der Waals surface area (Å²) >= 11 is 1.71. The number of aromatic nitrogens is 5. The lowest BCUT2D eigenvalue weighted by Crippen LogP contribution is -2.06. The Hall–Kier alpha value is -2.15. The van der Waals surface area contributed by atoms with Crippen molar-refractivity contribution >= 4 is 28.6 Å². The lowest BCUT2D eigenvalue weighted by Gasteiger charge is -2.10. The van der Waals surface area contributed by atoms with Gasteiger partial charge in [0.2, 0.25) is 0 Å². The highest BCUT2D eigenvalue weighted by molar-refractivity contribution is 7.99. The van der Waals surface area contributed by atoms with Gasteiger partial charge in [-0.05, 0) is 50.2 Å². The molecule has 2 N–H and O–H groups in total. The van der Waals surface area contributed by atoms with Crippen LogP contribution < -0.4 is 5.73 Å². The van der Waals surface area contributed by atoms with E-state index in [0.717, 1.165) is 59.2 Å². The molecule has 4 rings (SSSR count). The lowest BCUT2D eigenvalue weighted by atomic mass is 10.2. The van der Waals surface area contributed by atoms with Crippen molar-refractivity contribution in [2.24, 2.45) is 5.92 Å². The molecule has 26 heavy (non-hydrogen) atoms. The second kappa shape index (κ2) is 7.61. The molecule has 0 aliphatic heterocycles. The van der Waals surface area contributed by atoms with Gasteiger partial charge in [-0.2, -0.15) is 0 Å². The highest BCUT2D eigenvalue weighted by Crippen LogP contribution is 2.34. The Balaban J connectivity index is 1.45. The number of aryl methyl sites for hydroxylation is 2. The van der Waals surface area contributed by atoms with E-state index < -0.39 is 0 Å². The van der Waals surface area contributed by atoms with E-state index >= 15 is 0 Å². The summed E-state index contributed by atoms with van der Waals surface area (Å²) in [4.78, 5) is 17.7. The molecule has 6 nitrogen and oxygen atoms in total. The number of hydrogen-bond acceptors (Lipinski definition) is 6. The normalized spacial score (nSPS) is 14.2. The number of unbranched alkanes of at least 4 members (excludes halogenated alkanes) is 1. The predicted octanol–water partition coefficient (Wildman–Crippen LogP) is 3.64. The van der Waals surface area contributed by atoms with Gasteiger partial charge in [-0.1, -0.05) is 11.8 Å². The van der Waals surface area contributed by atoms with E-state index in [2.05, 4.69) is 26.4 Å². The quantitative estimate of drug-likeness (QED) is 0.371. The van der Waals surface area contributed by atoms with Crippen molar-refractivity contribution in [3.63, 3.8) is 0 Å². The smallest absolute Gasteiger partial charge is 0.187 e. The number of fused-ring (bicyclic) bond motifs is 1. The van der Waals surface area contributed by atoms with Gasteiger partial charge < -0.3 is 10.3 Å². The number of rotatable bonds is 8. The largest absolute Gasteiger partial charge is 0.382 e. The van der Waals surface area contributed by atoms with Gasteiger partial charge in [-0.3, -0.25) is 0 Å². The zero-order chi connectivity index (χ0) is 17.9. The van der Waals surface area contributed by atoms with E-state index in [1.807, 2.05) is 12.3 Å². The summed E-state index contributed by atoms with van der Waals surface area (Å²) in [6.07, 6.45) is 11.4. The zero-order valence-corrected chi connectivity index (χ0v) is 15.9. The Labute approximate surface area is 157 Å². The molecule has 1 aliphatic carbocycles. The van der Waals surface area contributed by atoms with Crippen LogP contribution in [-0.2, 0) is 13.0 Å². The maximum absolute atomic E-state index is 6.09. The summed E-state index contributed by atoms with van der Waals surface area (Å²) < 4.78 is 2.38. The molecule has 0 atom stereocenters. The van der Waals surface area contributed by atoms with Gasteiger partial charge in [0.05, 0.1) is 5.52 Å². The molecule has 3 aromatic rings. The average Bonchev–Trinajstić information content (AvgIpc) is 3.39. The van der Waals surface area contributed by atoms with Crippen LogP contribution >= 0.6 is 11.8 Å². The highest BCUT2D eigenvalue weighted by Gasteiger charge is 2.25. The van der Waals surface area contributed by atoms with Crippen molar-refractivity contribution in [3.8, 4) is 0 Å². The average molecular weight is 369 g/mol. The van der Waals surface area contributed by atoms with Crippen molar-refractivity contribution in [2.45, 2.75) is 50.7 Å². The van der Waals surface area contributed by atoms with E-state index in [-0.39, 0.29) is 0 Å². The molecule has 3 aromatic heterocycles. The Morgan fingerprint density at radius 1 is 1.19 bits per heavy atom. The highest BCUT2D eigenvalue weighted by atomic mass is 32.2. The Kier molecular flexibility index (Phi) is 5.06. The topological polar surface area (TPSA) is 82.5 Å². The first kappa shape index (κ1) is 17.3. The van der Waals surface area contributed by atoms with Gasteiger partial charge in [-0.15, -0.1) is 0 Å². The third-order valence-corrected chi connectivity index (χ3v) is 5.74. The number of nitrogens with zero attached hydrogens (tertiary/aromatic N) is 5. The van der Waals surface area contributed by atoms with Crippen LogP contribution in [0.15, 0.2) is 29.8 Å². The van der Waals surface area contributed by atoms with Gasteiger partial charge in [0.25, 0.3) is 0 Å². The van der Waals surface area contributed by atoms with Gasteiger partial charge in [0.15, 0.2) is 11.0 Å². The number of anilines is 1. The van der Waals surface area contributed by atoms with Crippen LogP contribution in [-0.4, -0.2) is 30.3 Å². The second-order valence-corrected chi connectivity index (χ2v) is 8.00. The molecule has 0 saturated heterocycles. The Morgan fingerprint density at radius 3 is 2.77 bits per heavy atom. The fourth-order valence-corrected chi connectivity index (χ4v) is 4.04. The zero-order valence-electron chi connectivity index (χ0n) is 15.1. The third-order valence-electron chi connectivity index (χ3n) is 4.78. The first-order chi connectivity index (χ1) is 12.7. The van der Waals surface area contributed by atoms with Gasteiger partial charge >= 0.3 is 0 Å². The van der Waals surface area contributed by atoms with Crippen LogP contribution in [0.3, 0.4) is 0 Å². The fraction of sp³-hybridized carbons (Fsp3) is 0.474. The molecule has 136 valence electrons. The first-order valence-electron chi connectivity index (χ1n) is 9.22. The van der Waals surface area contributed by atoms with Crippen LogP contribution in [0.25, 0.3) is 11.0 Å². The standard InChI is InChI=1S/C19H24N6S/c1-13-12-23-18(20)16-17(13)25(15(24-16)11-14-5-6-14)9-2-3-10-26-19-21-7-4-8-22-19/h4,7-8,12,14H,2-3,5-6,9-11H2,1H3,(H2,20,23). The summed E-state index contributed by atoms with van der Waals surface area (Å²) in [5, 5.41) is 0.852. The van der Waals surface area contributed by atoms with Crippen molar-refractivity contribution < 1.29 is 0 Å². The van der Waals surface area contributed by atoms with Crippen LogP contribution in [0, 0.1) is 12.8 Å². The number of nitrogens with two attached hydrogens (primary N) is 1. The molecular weight excluding hydrogens is 344 g/mol. The monoisotopic (exact) mass is 368 g/mol. The molecule has 0 spiro atoms. The summed E-state index contributed by atoms with van der Waals surface area (Å²) in [5.41, 5.74) is 9.27. The van der Waals surface area contributed by atoms with Gasteiger partial charge in [0, 0.05) is 37.3 Å². The number of hydrogen-bond donors (Lipinski definition) is 1. The van der Waals surface area contributed by atoms with Crippen LogP contribution in [0.5, 0.6) is 0 Å². The summed E-state index contributed by atoms with van der Waals surface area (Å²) in [6, 6.07) is 1.85. The van der Waals surface area contributed by atoms with Crippen molar-refractivity contribution in [1.82, 2.24) is 24.5 Å². The molecule has 3 heterocycles. The van der Waals surface area contributed by atoms with Gasteiger partial charge in [0.1, 0.15) is 11.3 Å². The maximum atomic E-state index is 6.09. The number of nitrogen functional groups attached to an aromatic ring is 1. The summed E-state index contributed by atoms with van der Waals surface area (Å²) in [6.45, 7) is 3.06. The Morgan fingerprint density at radius 2 is 2.00 bits per heavy atom. The minimum absolute atomic E-state index is 0.540. The molecule has 1 aliphatic rings. The molecule has 0 aromatic carbocycles. The van der Waals surface area contributed by atoms with E-state index in [0.29, 0.717) is 5.82 Å². The molecule has 0 amide bonds. The van der Waals surface area contributed by atoms with E-state index in [1.54, 1.807) is 24.2 Å². The molecule has 7 heteroatoms. The molecule has 0 radical (unpaired) electrons. The lowest BCUT2D eigenvalue weighted by molar-refractivity contribution is 0.603. The minimum atomic E-state index is 0.540. The summed E-state index contributed by atoms with van der Waals surface area (Å²) in [5.74, 6) is 3.53. The first-order valence-corrected chi connectivity index (χ1v) is 10.2. The number of thioether (sulfide) groups is 1.